The highest BCUT2D eigenvalue weighted by Crippen LogP contribution is 2.33. The number of hydrogen-bond acceptors (Lipinski definition) is 2. The van der Waals surface area contributed by atoms with Crippen LogP contribution < -0.4 is 5.73 Å². The van der Waals surface area contributed by atoms with Crippen molar-refractivity contribution in [3.8, 4) is 0 Å². The maximum absolute atomic E-state index is 6.48. The van der Waals surface area contributed by atoms with Crippen molar-refractivity contribution >= 4 is 0 Å². The fourth-order valence-electron chi connectivity index (χ4n) is 2.89. The van der Waals surface area contributed by atoms with Crippen molar-refractivity contribution in [1.82, 2.24) is 0 Å². The molecular weight excluding hydrogens is 246 g/mol. The lowest BCUT2D eigenvalue weighted by Crippen LogP contribution is -2.16. The molecule has 2 N–H and O–H groups in total. The molecule has 0 spiro atoms. The van der Waals surface area contributed by atoms with Crippen LogP contribution in [0.1, 0.15) is 57.9 Å². The van der Waals surface area contributed by atoms with Crippen molar-refractivity contribution in [2.24, 2.45) is 5.73 Å². The zero-order valence-electron chi connectivity index (χ0n) is 13.4. The van der Waals surface area contributed by atoms with Crippen LogP contribution in [0, 0.1) is 34.6 Å². The van der Waals surface area contributed by atoms with E-state index in [9.17, 15) is 0 Å². The second kappa shape index (κ2) is 5.45. The van der Waals surface area contributed by atoms with Crippen LogP contribution in [0.5, 0.6) is 0 Å². The predicted octanol–water partition coefficient (Wildman–Crippen LogP) is 4.43. The summed E-state index contributed by atoms with van der Waals surface area (Å²) in [6, 6.07) is 3.84. The Labute approximate surface area is 122 Å². The van der Waals surface area contributed by atoms with E-state index in [4.69, 9.17) is 10.2 Å². The average Bonchev–Trinajstić information content (AvgIpc) is 2.92. The lowest BCUT2D eigenvalue weighted by Gasteiger charge is -2.22. The SMILES string of the molecule is CCc1ccc(C(N)c2c(C)c(C)c(C)c(C)c2C)o1. The van der Waals surface area contributed by atoms with Gasteiger partial charge in [-0.15, -0.1) is 0 Å². The van der Waals surface area contributed by atoms with Gasteiger partial charge in [0.2, 0.25) is 0 Å². The number of aryl methyl sites for hydroxylation is 1. The van der Waals surface area contributed by atoms with Crippen molar-refractivity contribution in [2.45, 2.75) is 54.0 Å². The number of hydrogen-bond donors (Lipinski definition) is 1. The lowest BCUT2D eigenvalue weighted by molar-refractivity contribution is 0.453. The van der Waals surface area contributed by atoms with Gasteiger partial charge in [-0.1, -0.05) is 6.92 Å². The summed E-state index contributed by atoms with van der Waals surface area (Å²) in [7, 11) is 0. The molecule has 0 aliphatic heterocycles. The van der Waals surface area contributed by atoms with Gasteiger partial charge in [0, 0.05) is 6.42 Å². The quantitative estimate of drug-likeness (QED) is 0.896. The minimum Gasteiger partial charge on any atom is -0.464 e. The molecule has 0 saturated carbocycles. The van der Waals surface area contributed by atoms with Crippen LogP contribution in [0.4, 0.5) is 0 Å². The summed E-state index contributed by atoms with van der Waals surface area (Å²) in [5.41, 5.74) is 14.3. The number of benzene rings is 1. The standard InChI is InChI=1S/C18H25NO/c1-7-15-8-9-16(20-15)18(19)17-13(5)11(3)10(2)12(4)14(17)6/h8-9,18H,7,19H2,1-6H3. The molecule has 1 aromatic heterocycles. The summed E-state index contributed by atoms with van der Waals surface area (Å²) >= 11 is 0. The van der Waals surface area contributed by atoms with E-state index >= 15 is 0 Å². The molecule has 1 atom stereocenters. The van der Waals surface area contributed by atoms with Gasteiger partial charge in [0.15, 0.2) is 0 Å². The van der Waals surface area contributed by atoms with E-state index in [2.05, 4.69) is 41.5 Å². The van der Waals surface area contributed by atoms with Gasteiger partial charge in [-0.05, 0) is 80.1 Å². The van der Waals surface area contributed by atoms with E-state index in [1.165, 1.54) is 33.4 Å². The Morgan fingerprint density at radius 1 is 0.900 bits per heavy atom. The lowest BCUT2D eigenvalue weighted by atomic mass is 9.86. The molecule has 0 aliphatic rings. The molecule has 2 aromatic rings. The Balaban J connectivity index is 2.57. The highest BCUT2D eigenvalue weighted by atomic mass is 16.3. The first kappa shape index (κ1) is 14.9. The van der Waals surface area contributed by atoms with Crippen LogP contribution in [0.2, 0.25) is 0 Å². The second-order valence-electron chi connectivity index (χ2n) is 5.67. The van der Waals surface area contributed by atoms with E-state index in [-0.39, 0.29) is 6.04 Å². The smallest absolute Gasteiger partial charge is 0.125 e. The number of nitrogens with two attached hydrogens (primary N) is 1. The van der Waals surface area contributed by atoms with Gasteiger partial charge < -0.3 is 10.2 Å². The molecule has 20 heavy (non-hydrogen) atoms. The molecule has 0 bridgehead atoms. The average molecular weight is 271 g/mol. The third-order valence-corrected chi connectivity index (χ3v) is 4.71. The van der Waals surface area contributed by atoms with Gasteiger partial charge in [0.1, 0.15) is 11.5 Å². The summed E-state index contributed by atoms with van der Waals surface area (Å²) in [5.74, 6) is 1.85. The van der Waals surface area contributed by atoms with Gasteiger partial charge in [-0.3, -0.25) is 0 Å². The Hall–Kier alpha value is -1.54. The molecule has 2 rings (SSSR count). The monoisotopic (exact) mass is 271 g/mol. The molecule has 1 aromatic carbocycles. The molecule has 0 aliphatic carbocycles. The first-order valence-corrected chi connectivity index (χ1v) is 7.29. The fraction of sp³-hybridized carbons (Fsp3) is 0.444. The highest BCUT2D eigenvalue weighted by molar-refractivity contribution is 5.52. The maximum Gasteiger partial charge on any atom is 0.125 e. The molecule has 0 fully saturated rings. The normalized spacial score (nSPS) is 12.8. The van der Waals surface area contributed by atoms with Crippen LogP contribution in [0.25, 0.3) is 0 Å². The summed E-state index contributed by atoms with van der Waals surface area (Å²) in [4.78, 5) is 0. The second-order valence-corrected chi connectivity index (χ2v) is 5.67. The molecule has 0 saturated heterocycles. The fourth-order valence-corrected chi connectivity index (χ4v) is 2.89. The third-order valence-electron chi connectivity index (χ3n) is 4.71. The zero-order chi connectivity index (χ0) is 15.0. The Bertz CT molecular complexity index is 608. The van der Waals surface area contributed by atoms with Crippen LogP contribution in [-0.2, 0) is 6.42 Å². The summed E-state index contributed by atoms with van der Waals surface area (Å²) in [6.45, 7) is 12.9. The molecule has 2 heteroatoms. The van der Waals surface area contributed by atoms with Crippen molar-refractivity contribution in [3.63, 3.8) is 0 Å². The van der Waals surface area contributed by atoms with Gasteiger partial charge in [0.05, 0.1) is 6.04 Å². The summed E-state index contributed by atoms with van der Waals surface area (Å²) in [5, 5.41) is 0. The van der Waals surface area contributed by atoms with E-state index in [0.29, 0.717) is 0 Å². The number of rotatable bonds is 3. The maximum atomic E-state index is 6.48. The Morgan fingerprint density at radius 2 is 1.40 bits per heavy atom. The first-order chi connectivity index (χ1) is 9.38. The van der Waals surface area contributed by atoms with Gasteiger partial charge in [-0.2, -0.15) is 0 Å². The molecule has 1 unspecified atom stereocenters. The largest absolute Gasteiger partial charge is 0.464 e. The van der Waals surface area contributed by atoms with Crippen LogP contribution in [0.15, 0.2) is 16.5 Å². The topological polar surface area (TPSA) is 39.2 Å². The van der Waals surface area contributed by atoms with E-state index in [1.54, 1.807) is 0 Å². The Kier molecular flexibility index (Phi) is 4.05. The van der Waals surface area contributed by atoms with Crippen LogP contribution in [0.3, 0.4) is 0 Å². The molecule has 108 valence electrons. The molecule has 0 amide bonds. The van der Waals surface area contributed by atoms with Gasteiger partial charge in [-0.25, -0.2) is 0 Å². The molecular formula is C18H25NO. The minimum absolute atomic E-state index is 0.187. The summed E-state index contributed by atoms with van der Waals surface area (Å²) in [6.07, 6.45) is 0.899. The third kappa shape index (κ3) is 2.29. The van der Waals surface area contributed by atoms with Crippen LogP contribution in [-0.4, -0.2) is 0 Å². The molecule has 0 radical (unpaired) electrons. The van der Waals surface area contributed by atoms with Crippen molar-refractivity contribution in [3.05, 3.63) is 57.0 Å². The number of furan rings is 1. The molecule has 1 heterocycles. The molecule has 2 nitrogen and oxygen atoms in total. The first-order valence-electron chi connectivity index (χ1n) is 7.29. The highest BCUT2D eigenvalue weighted by Gasteiger charge is 2.21. The van der Waals surface area contributed by atoms with Crippen LogP contribution >= 0.6 is 0 Å². The van der Waals surface area contributed by atoms with Crippen molar-refractivity contribution < 1.29 is 4.42 Å². The van der Waals surface area contributed by atoms with Crippen molar-refractivity contribution in [2.75, 3.05) is 0 Å². The van der Waals surface area contributed by atoms with E-state index < -0.39 is 0 Å². The predicted molar refractivity (Wildman–Crippen MR) is 84.2 cm³/mol. The minimum atomic E-state index is -0.187. The van der Waals surface area contributed by atoms with Crippen molar-refractivity contribution in [1.29, 1.82) is 0 Å². The van der Waals surface area contributed by atoms with E-state index in [0.717, 1.165) is 17.9 Å². The Morgan fingerprint density at radius 3 is 1.85 bits per heavy atom. The van der Waals surface area contributed by atoms with Gasteiger partial charge >= 0.3 is 0 Å². The van der Waals surface area contributed by atoms with Gasteiger partial charge in [0.25, 0.3) is 0 Å². The zero-order valence-corrected chi connectivity index (χ0v) is 13.4. The summed E-state index contributed by atoms with van der Waals surface area (Å²) < 4.78 is 5.84. The van der Waals surface area contributed by atoms with E-state index in [1.807, 2.05) is 12.1 Å².